The van der Waals surface area contributed by atoms with Gasteiger partial charge in [0.2, 0.25) is 5.91 Å². The van der Waals surface area contributed by atoms with Crippen LogP contribution in [0.25, 0.3) is 0 Å². The smallest absolute Gasteiger partial charge is 0.237 e. The van der Waals surface area contributed by atoms with Gasteiger partial charge >= 0.3 is 0 Å². The molecule has 31 heavy (non-hydrogen) atoms. The summed E-state index contributed by atoms with van der Waals surface area (Å²) >= 11 is 0. The van der Waals surface area contributed by atoms with E-state index in [2.05, 4.69) is 59.0 Å². The minimum absolute atomic E-state index is 0.206. The fourth-order valence-corrected chi connectivity index (χ4v) is 4.74. The Kier molecular flexibility index (Phi) is 6.56. The van der Waals surface area contributed by atoms with Crippen molar-refractivity contribution in [3.63, 3.8) is 0 Å². The van der Waals surface area contributed by atoms with Gasteiger partial charge in [-0.3, -0.25) is 9.69 Å². The van der Waals surface area contributed by atoms with Crippen LogP contribution >= 0.6 is 0 Å². The Morgan fingerprint density at radius 2 is 1.90 bits per heavy atom. The molecule has 1 aromatic carbocycles. The van der Waals surface area contributed by atoms with E-state index in [0.29, 0.717) is 12.5 Å². The predicted molar refractivity (Wildman–Crippen MR) is 124 cm³/mol. The lowest BCUT2D eigenvalue weighted by Crippen LogP contribution is -2.50. The molecule has 1 unspecified atom stereocenters. The molecule has 0 saturated carbocycles. The summed E-state index contributed by atoms with van der Waals surface area (Å²) in [4.78, 5) is 29.0. The molecule has 1 fully saturated rings. The van der Waals surface area contributed by atoms with Gasteiger partial charge in [0, 0.05) is 50.9 Å². The number of benzene rings is 1. The molecule has 1 aliphatic heterocycles. The number of aromatic nitrogens is 2. The highest BCUT2D eigenvalue weighted by Gasteiger charge is 2.28. The van der Waals surface area contributed by atoms with Crippen molar-refractivity contribution in [2.45, 2.75) is 52.0 Å². The summed E-state index contributed by atoms with van der Waals surface area (Å²) < 4.78 is 0. The first kappa shape index (κ1) is 21.8. The van der Waals surface area contributed by atoms with Crippen LogP contribution in [-0.2, 0) is 11.2 Å². The second-order valence-corrected chi connectivity index (χ2v) is 9.26. The van der Waals surface area contributed by atoms with E-state index in [4.69, 9.17) is 4.98 Å². The number of hydrogen-bond donors (Lipinski definition) is 0. The van der Waals surface area contributed by atoms with Gasteiger partial charge in [0.1, 0.15) is 11.6 Å². The molecule has 166 valence electrons. The molecule has 0 radical (unpaired) electrons. The lowest BCUT2D eigenvalue weighted by atomic mass is 9.87. The average molecular weight is 422 g/mol. The molecule has 1 saturated heterocycles. The second-order valence-electron chi connectivity index (χ2n) is 9.26. The van der Waals surface area contributed by atoms with Crippen molar-refractivity contribution >= 4 is 11.7 Å². The first-order valence-electron chi connectivity index (χ1n) is 11.6. The minimum Gasteiger partial charge on any atom is -0.354 e. The molecule has 0 spiro atoms. The van der Waals surface area contributed by atoms with Crippen molar-refractivity contribution in [3.8, 4) is 0 Å². The first-order valence-corrected chi connectivity index (χ1v) is 11.6. The number of piperazine rings is 1. The summed E-state index contributed by atoms with van der Waals surface area (Å²) in [5.41, 5.74) is 3.74. The van der Waals surface area contributed by atoms with Crippen LogP contribution in [0, 0.1) is 6.92 Å². The summed E-state index contributed by atoms with van der Waals surface area (Å²) in [6.45, 7) is 10.3. The van der Waals surface area contributed by atoms with E-state index in [0.717, 1.165) is 62.8 Å². The Balaban J connectivity index is 1.35. The van der Waals surface area contributed by atoms with Gasteiger partial charge in [-0.05, 0) is 37.3 Å². The van der Waals surface area contributed by atoms with Crippen molar-refractivity contribution < 1.29 is 4.79 Å². The molecule has 0 bridgehead atoms. The third-order valence-electron chi connectivity index (χ3n) is 6.63. The standard InChI is InChI=1S/C25H35N5O/c1-18(2)25-26-19(3)16-23(27-25)30-14-12-29(13-15-30)17-24(31)28(4)22-11-7-9-20-8-5-6-10-21(20)22/h5-6,8,10,16,18,22H,7,9,11-15,17H2,1-4H3. The van der Waals surface area contributed by atoms with Crippen molar-refractivity contribution in [1.82, 2.24) is 19.8 Å². The SMILES string of the molecule is Cc1cc(N2CCN(CC(=O)N(C)C3CCCc4ccccc43)CC2)nc(C(C)C)n1. The van der Waals surface area contributed by atoms with Crippen molar-refractivity contribution in [3.05, 3.63) is 53.0 Å². The summed E-state index contributed by atoms with van der Waals surface area (Å²) in [7, 11) is 1.97. The highest BCUT2D eigenvalue weighted by Crippen LogP contribution is 2.33. The topological polar surface area (TPSA) is 52.6 Å². The minimum atomic E-state index is 0.206. The maximum Gasteiger partial charge on any atom is 0.237 e. The third kappa shape index (κ3) is 4.90. The Hall–Kier alpha value is -2.47. The number of fused-ring (bicyclic) bond motifs is 1. The molecule has 2 aromatic rings. The highest BCUT2D eigenvalue weighted by atomic mass is 16.2. The number of aryl methyl sites for hydroxylation is 2. The van der Waals surface area contributed by atoms with E-state index in [9.17, 15) is 4.79 Å². The zero-order valence-corrected chi connectivity index (χ0v) is 19.3. The fraction of sp³-hybridized carbons (Fsp3) is 0.560. The summed E-state index contributed by atoms with van der Waals surface area (Å²) in [6.07, 6.45) is 3.32. The molecule has 1 aliphatic carbocycles. The average Bonchev–Trinajstić information content (AvgIpc) is 2.78. The number of amides is 1. The van der Waals surface area contributed by atoms with Gasteiger partial charge in [0.05, 0.1) is 12.6 Å². The van der Waals surface area contributed by atoms with Gasteiger partial charge in [0.15, 0.2) is 0 Å². The molecule has 6 nitrogen and oxygen atoms in total. The lowest BCUT2D eigenvalue weighted by Gasteiger charge is -2.38. The normalized spacial score (nSPS) is 19.4. The maximum atomic E-state index is 13.1. The molecule has 1 amide bonds. The van der Waals surface area contributed by atoms with E-state index in [1.165, 1.54) is 11.1 Å². The largest absolute Gasteiger partial charge is 0.354 e. The van der Waals surface area contributed by atoms with Crippen LogP contribution in [0.4, 0.5) is 5.82 Å². The molecule has 2 aliphatic rings. The molecule has 1 aromatic heterocycles. The van der Waals surface area contributed by atoms with Crippen molar-refractivity contribution in [2.24, 2.45) is 0 Å². The molecule has 0 N–H and O–H groups in total. The van der Waals surface area contributed by atoms with Gasteiger partial charge in [0.25, 0.3) is 0 Å². The number of hydrogen-bond acceptors (Lipinski definition) is 5. The van der Waals surface area contributed by atoms with Gasteiger partial charge in [-0.15, -0.1) is 0 Å². The van der Waals surface area contributed by atoms with Gasteiger partial charge < -0.3 is 9.80 Å². The Bertz CT molecular complexity index is 920. The number of carbonyl (C=O) groups is 1. The van der Waals surface area contributed by atoms with Crippen LogP contribution in [-0.4, -0.2) is 65.4 Å². The lowest BCUT2D eigenvalue weighted by molar-refractivity contribution is -0.133. The van der Waals surface area contributed by atoms with E-state index in [-0.39, 0.29) is 11.9 Å². The maximum absolute atomic E-state index is 13.1. The van der Waals surface area contributed by atoms with E-state index >= 15 is 0 Å². The molecule has 6 heteroatoms. The monoisotopic (exact) mass is 421 g/mol. The van der Waals surface area contributed by atoms with E-state index < -0.39 is 0 Å². The molecular formula is C25H35N5O. The van der Waals surface area contributed by atoms with Crippen LogP contribution in [0.15, 0.2) is 30.3 Å². The molecule has 2 heterocycles. The zero-order chi connectivity index (χ0) is 22.0. The van der Waals surface area contributed by atoms with E-state index in [1.807, 2.05) is 18.9 Å². The number of nitrogens with zero attached hydrogens (tertiary/aromatic N) is 5. The zero-order valence-electron chi connectivity index (χ0n) is 19.3. The summed E-state index contributed by atoms with van der Waals surface area (Å²) in [5, 5.41) is 0. The van der Waals surface area contributed by atoms with Crippen LogP contribution in [0.3, 0.4) is 0 Å². The van der Waals surface area contributed by atoms with Gasteiger partial charge in [-0.1, -0.05) is 38.1 Å². The Morgan fingerprint density at radius 1 is 1.16 bits per heavy atom. The number of carbonyl (C=O) groups excluding carboxylic acids is 1. The third-order valence-corrected chi connectivity index (χ3v) is 6.63. The number of rotatable bonds is 5. The number of anilines is 1. The highest BCUT2D eigenvalue weighted by molar-refractivity contribution is 5.78. The molecule has 4 rings (SSSR count). The Labute approximate surface area is 186 Å². The number of likely N-dealkylation sites (N-methyl/N-ethyl adjacent to an activating group) is 1. The van der Waals surface area contributed by atoms with Gasteiger partial charge in [-0.2, -0.15) is 0 Å². The van der Waals surface area contributed by atoms with Crippen LogP contribution < -0.4 is 4.90 Å². The van der Waals surface area contributed by atoms with Gasteiger partial charge in [-0.25, -0.2) is 9.97 Å². The quantitative estimate of drug-likeness (QED) is 0.739. The van der Waals surface area contributed by atoms with Crippen LogP contribution in [0.5, 0.6) is 0 Å². The molecule has 1 atom stereocenters. The first-order chi connectivity index (χ1) is 14.9. The fourth-order valence-electron chi connectivity index (χ4n) is 4.74. The summed E-state index contributed by atoms with van der Waals surface area (Å²) in [6, 6.07) is 10.9. The van der Waals surface area contributed by atoms with Crippen molar-refractivity contribution in [1.29, 1.82) is 0 Å². The second kappa shape index (κ2) is 9.35. The van der Waals surface area contributed by atoms with Crippen LogP contribution in [0.1, 0.15) is 61.3 Å². The molecular weight excluding hydrogens is 386 g/mol. The van der Waals surface area contributed by atoms with Crippen LogP contribution in [0.2, 0.25) is 0 Å². The predicted octanol–water partition coefficient (Wildman–Crippen LogP) is 3.57. The Morgan fingerprint density at radius 3 is 2.65 bits per heavy atom. The summed E-state index contributed by atoms with van der Waals surface area (Å²) in [5.74, 6) is 2.45. The van der Waals surface area contributed by atoms with E-state index in [1.54, 1.807) is 0 Å². The van der Waals surface area contributed by atoms with Crippen molar-refractivity contribution in [2.75, 3.05) is 44.7 Å².